The second-order valence-corrected chi connectivity index (χ2v) is 1.25. The normalized spacial score (nSPS) is 10.6. The molecule has 10 heavy (non-hydrogen) atoms. The van der Waals surface area contributed by atoms with Gasteiger partial charge in [-0.15, -0.1) is 0 Å². The third-order valence-corrected chi connectivity index (χ3v) is 0.594. The van der Waals surface area contributed by atoms with E-state index in [2.05, 4.69) is 16.6 Å². The molecule has 0 aromatic rings. The van der Waals surface area contributed by atoms with Crippen molar-refractivity contribution in [1.82, 2.24) is 0 Å². The van der Waals surface area contributed by atoms with E-state index >= 15 is 0 Å². The fourth-order valence-corrected chi connectivity index (χ4v) is 0.352. The van der Waals surface area contributed by atoms with Gasteiger partial charge in [0.05, 0.1) is 0 Å². The average Bonchev–Trinajstić information content (AvgIpc) is 1.93. The molecule has 0 amide bonds. The van der Waals surface area contributed by atoms with E-state index in [1.807, 2.05) is 27.7 Å². The SMILES string of the molecule is C=CN=C(C)N=CC.CC. The Morgan fingerprint density at radius 1 is 1.40 bits per heavy atom. The van der Waals surface area contributed by atoms with Crippen molar-refractivity contribution in [2.75, 3.05) is 0 Å². The molecule has 2 nitrogen and oxygen atoms in total. The lowest BCUT2D eigenvalue weighted by molar-refractivity contribution is 1.47. The standard InChI is InChI=1S/C6H10N2.C2H6/c1-4-7-6(3)8-5-2;1-2/h4-5H,1H2,2-3H3;1-2H3. The molecule has 0 heterocycles. The van der Waals surface area contributed by atoms with E-state index in [4.69, 9.17) is 0 Å². The van der Waals surface area contributed by atoms with Crippen molar-refractivity contribution in [3.8, 4) is 0 Å². The maximum Gasteiger partial charge on any atom is 0.124 e. The lowest BCUT2D eigenvalue weighted by Crippen LogP contribution is -1.81. The molecule has 0 radical (unpaired) electrons. The third kappa shape index (κ3) is 10.1. The summed E-state index contributed by atoms with van der Waals surface area (Å²) in [6.07, 6.45) is 3.17. The predicted molar refractivity (Wildman–Crippen MR) is 48.8 cm³/mol. The molecule has 2 heteroatoms. The highest BCUT2D eigenvalue weighted by Gasteiger charge is 1.74. The topological polar surface area (TPSA) is 24.7 Å². The molecule has 0 bridgehead atoms. The van der Waals surface area contributed by atoms with Crippen molar-refractivity contribution < 1.29 is 0 Å². The molecular weight excluding hydrogens is 124 g/mol. The van der Waals surface area contributed by atoms with E-state index in [-0.39, 0.29) is 0 Å². The number of aliphatic imine (C=N–C) groups is 2. The number of rotatable bonds is 1. The largest absolute Gasteiger partial charge is 0.246 e. The first-order chi connectivity index (χ1) is 4.81. The van der Waals surface area contributed by atoms with Gasteiger partial charge in [-0.25, -0.2) is 9.98 Å². The van der Waals surface area contributed by atoms with Crippen molar-refractivity contribution in [2.45, 2.75) is 27.7 Å². The zero-order valence-electron chi connectivity index (χ0n) is 7.26. The summed E-state index contributed by atoms with van der Waals surface area (Å²) in [7, 11) is 0. The van der Waals surface area contributed by atoms with Crippen LogP contribution in [0.2, 0.25) is 0 Å². The fourth-order valence-electron chi connectivity index (χ4n) is 0.352. The molecular formula is C8H16N2. The number of hydrogen-bond acceptors (Lipinski definition) is 1. The number of nitrogens with zero attached hydrogens (tertiary/aromatic N) is 2. The fraction of sp³-hybridized carbons (Fsp3) is 0.500. The van der Waals surface area contributed by atoms with Crippen LogP contribution in [0.5, 0.6) is 0 Å². The summed E-state index contributed by atoms with van der Waals surface area (Å²) < 4.78 is 0. The summed E-state index contributed by atoms with van der Waals surface area (Å²) in [6.45, 7) is 11.1. The number of hydrogen-bond donors (Lipinski definition) is 0. The molecule has 0 aromatic heterocycles. The Morgan fingerprint density at radius 3 is 2.20 bits per heavy atom. The molecule has 0 aliphatic heterocycles. The molecule has 0 N–H and O–H groups in total. The molecule has 0 unspecified atom stereocenters. The summed E-state index contributed by atoms with van der Waals surface area (Å²) >= 11 is 0. The van der Waals surface area contributed by atoms with Crippen LogP contribution >= 0.6 is 0 Å². The van der Waals surface area contributed by atoms with Crippen molar-refractivity contribution in [1.29, 1.82) is 0 Å². The van der Waals surface area contributed by atoms with Crippen LogP contribution in [-0.2, 0) is 0 Å². The van der Waals surface area contributed by atoms with Gasteiger partial charge in [0.25, 0.3) is 0 Å². The minimum atomic E-state index is 0.738. The van der Waals surface area contributed by atoms with E-state index in [1.165, 1.54) is 6.20 Å². The first kappa shape index (κ1) is 11.8. The summed E-state index contributed by atoms with van der Waals surface area (Å²) in [5, 5.41) is 0. The van der Waals surface area contributed by atoms with Crippen LogP contribution in [0.25, 0.3) is 0 Å². The second kappa shape index (κ2) is 11.0. The molecule has 0 aromatic carbocycles. The summed E-state index contributed by atoms with van der Waals surface area (Å²) in [6, 6.07) is 0. The molecule has 0 atom stereocenters. The van der Waals surface area contributed by atoms with E-state index < -0.39 is 0 Å². The Kier molecular flexibility index (Phi) is 13.0. The van der Waals surface area contributed by atoms with Crippen LogP contribution < -0.4 is 0 Å². The van der Waals surface area contributed by atoms with Crippen LogP contribution in [0.3, 0.4) is 0 Å². The van der Waals surface area contributed by atoms with Gasteiger partial charge in [-0.2, -0.15) is 0 Å². The van der Waals surface area contributed by atoms with E-state index in [0.29, 0.717) is 0 Å². The smallest absolute Gasteiger partial charge is 0.124 e. The molecule has 0 fully saturated rings. The Labute approximate surface area is 63.4 Å². The minimum absolute atomic E-state index is 0.738. The average molecular weight is 140 g/mol. The maximum absolute atomic E-state index is 3.87. The summed E-state index contributed by atoms with van der Waals surface area (Å²) in [5.74, 6) is 0.738. The lowest BCUT2D eigenvalue weighted by atomic mass is 10.7. The minimum Gasteiger partial charge on any atom is -0.246 e. The van der Waals surface area contributed by atoms with Crippen molar-refractivity contribution in [3.05, 3.63) is 12.8 Å². The van der Waals surface area contributed by atoms with Crippen LogP contribution in [0.4, 0.5) is 0 Å². The van der Waals surface area contributed by atoms with Crippen LogP contribution in [0.15, 0.2) is 22.8 Å². The highest BCUT2D eigenvalue weighted by Crippen LogP contribution is 1.77. The molecule has 0 saturated heterocycles. The van der Waals surface area contributed by atoms with Crippen molar-refractivity contribution >= 4 is 12.1 Å². The lowest BCUT2D eigenvalue weighted by Gasteiger charge is -1.82. The third-order valence-electron chi connectivity index (χ3n) is 0.594. The van der Waals surface area contributed by atoms with Gasteiger partial charge in [0.2, 0.25) is 0 Å². The van der Waals surface area contributed by atoms with Crippen molar-refractivity contribution in [3.63, 3.8) is 0 Å². The Bertz CT molecular complexity index is 123. The van der Waals surface area contributed by atoms with Gasteiger partial charge in [0.15, 0.2) is 0 Å². The zero-order chi connectivity index (χ0) is 8.41. The molecule has 0 aliphatic rings. The first-order valence-corrected chi connectivity index (χ1v) is 3.45. The molecule has 0 spiro atoms. The van der Waals surface area contributed by atoms with Gasteiger partial charge in [-0.1, -0.05) is 20.4 Å². The van der Waals surface area contributed by atoms with E-state index in [9.17, 15) is 0 Å². The summed E-state index contributed by atoms with van der Waals surface area (Å²) in [4.78, 5) is 7.66. The predicted octanol–water partition coefficient (Wildman–Crippen LogP) is 2.67. The van der Waals surface area contributed by atoms with Crippen molar-refractivity contribution in [2.24, 2.45) is 9.98 Å². The van der Waals surface area contributed by atoms with Gasteiger partial charge in [0, 0.05) is 12.4 Å². The Hall–Kier alpha value is -0.920. The monoisotopic (exact) mass is 140 g/mol. The van der Waals surface area contributed by atoms with Gasteiger partial charge in [-0.3, -0.25) is 0 Å². The molecule has 0 aliphatic carbocycles. The zero-order valence-corrected chi connectivity index (χ0v) is 7.26. The van der Waals surface area contributed by atoms with Crippen LogP contribution in [0, 0.1) is 0 Å². The van der Waals surface area contributed by atoms with E-state index in [1.54, 1.807) is 6.21 Å². The Balaban J connectivity index is 0. The molecule has 0 rings (SSSR count). The van der Waals surface area contributed by atoms with E-state index in [0.717, 1.165) is 5.84 Å². The van der Waals surface area contributed by atoms with Gasteiger partial charge >= 0.3 is 0 Å². The maximum atomic E-state index is 3.87. The van der Waals surface area contributed by atoms with Gasteiger partial charge in [-0.05, 0) is 13.8 Å². The van der Waals surface area contributed by atoms with Crippen LogP contribution in [0.1, 0.15) is 27.7 Å². The second-order valence-electron chi connectivity index (χ2n) is 1.25. The molecule has 58 valence electrons. The van der Waals surface area contributed by atoms with Gasteiger partial charge in [0.1, 0.15) is 5.84 Å². The Morgan fingerprint density at radius 2 is 1.90 bits per heavy atom. The first-order valence-electron chi connectivity index (χ1n) is 3.45. The summed E-state index contributed by atoms with van der Waals surface area (Å²) in [5.41, 5.74) is 0. The highest BCUT2D eigenvalue weighted by molar-refractivity contribution is 5.87. The molecule has 0 saturated carbocycles. The van der Waals surface area contributed by atoms with Gasteiger partial charge < -0.3 is 0 Å². The quantitative estimate of drug-likeness (QED) is 0.395. The highest BCUT2D eigenvalue weighted by atomic mass is 14.9. The number of amidine groups is 1. The van der Waals surface area contributed by atoms with Crippen LogP contribution in [-0.4, -0.2) is 12.1 Å².